The number of rotatable bonds is 2. The van der Waals surface area contributed by atoms with Gasteiger partial charge in [-0.1, -0.05) is 0 Å². The minimum atomic E-state index is -1.15. The van der Waals surface area contributed by atoms with Crippen molar-refractivity contribution < 1.29 is 9.90 Å². The van der Waals surface area contributed by atoms with Crippen LogP contribution in [0.25, 0.3) is 5.82 Å². The molecule has 0 aliphatic heterocycles. The van der Waals surface area contributed by atoms with Crippen molar-refractivity contribution in [3.8, 4) is 5.82 Å². The number of aryl methyl sites for hydroxylation is 1. The van der Waals surface area contributed by atoms with E-state index >= 15 is 0 Å². The predicted molar refractivity (Wildman–Crippen MR) is 48.6 cm³/mol. The molecule has 0 spiro atoms. The van der Waals surface area contributed by atoms with Crippen molar-refractivity contribution >= 4 is 5.97 Å². The van der Waals surface area contributed by atoms with E-state index in [2.05, 4.69) is 20.2 Å². The third-order valence-electron chi connectivity index (χ3n) is 1.68. The first kappa shape index (κ1) is 9.25. The number of hydrogen-bond acceptors (Lipinski definition) is 5. The Balaban J connectivity index is 2.61. The molecule has 2 heterocycles. The fourth-order valence-electron chi connectivity index (χ4n) is 1.09. The van der Waals surface area contributed by atoms with Gasteiger partial charge in [0.05, 0.1) is 24.3 Å². The largest absolute Gasteiger partial charge is 0.476 e. The lowest BCUT2D eigenvalue weighted by molar-refractivity contribution is 0.0689. The van der Waals surface area contributed by atoms with Crippen LogP contribution in [0.15, 0.2) is 18.6 Å². The SMILES string of the molecule is Cc1cnc(-n2nccn2)c(C(=O)O)n1. The highest BCUT2D eigenvalue weighted by molar-refractivity contribution is 5.88. The van der Waals surface area contributed by atoms with E-state index < -0.39 is 5.97 Å². The third kappa shape index (κ3) is 1.66. The molecule has 2 aromatic heterocycles. The van der Waals surface area contributed by atoms with Gasteiger partial charge >= 0.3 is 5.97 Å². The number of carboxylic acid groups (broad SMARTS) is 1. The second-order valence-corrected chi connectivity index (χ2v) is 2.81. The summed E-state index contributed by atoms with van der Waals surface area (Å²) in [4.78, 5) is 19.8. The Hall–Kier alpha value is -2.31. The van der Waals surface area contributed by atoms with Gasteiger partial charge in [-0.25, -0.2) is 14.8 Å². The van der Waals surface area contributed by atoms with Gasteiger partial charge in [-0.2, -0.15) is 10.2 Å². The summed E-state index contributed by atoms with van der Waals surface area (Å²) >= 11 is 0. The van der Waals surface area contributed by atoms with Crippen molar-refractivity contribution in [2.75, 3.05) is 0 Å². The molecule has 0 fully saturated rings. The number of carbonyl (C=O) groups is 1. The molecule has 7 nitrogen and oxygen atoms in total. The molecular formula is C8H7N5O2. The molecule has 0 amide bonds. The zero-order valence-electron chi connectivity index (χ0n) is 7.82. The lowest BCUT2D eigenvalue weighted by Crippen LogP contribution is -2.13. The zero-order valence-corrected chi connectivity index (χ0v) is 7.82. The van der Waals surface area contributed by atoms with Gasteiger partial charge in [0.25, 0.3) is 0 Å². The normalized spacial score (nSPS) is 10.2. The molecule has 0 aliphatic rings. The summed E-state index contributed by atoms with van der Waals surface area (Å²) in [6.45, 7) is 1.67. The lowest BCUT2D eigenvalue weighted by atomic mass is 10.4. The molecule has 0 bridgehead atoms. The lowest BCUT2D eigenvalue weighted by Gasteiger charge is -2.02. The van der Waals surface area contributed by atoms with Gasteiger partial charge in [0.15, 0.2) is 5.69 Å². The monoisotopic (exact) mass is 205 g/mol. The number of nitrogens with zero attached hydrogens (tertiary/aromatic N) is 5. The molecule has 2 aromatic rings. The number of aromatic carboxylic acids is 1. The molecule has 0 aromatic carbocycles. The van der Waals surface area contributed by atoms with E-state index in [9.17, 15) is 4.79 Å². The molecule has 0 unspecified atom stereocenters. The Bertz CT molecular complexity index is 494. The van der Waals surface area contributed by atoms with Gasteiger partial charge in [-0.15, -0.1) is 4.80 Å². The van der Waals surface area contributed by atoms with Gasteiger partial charge in [0, 0.05) is 0 Å². The Morgan fingerprint density at radius 3 is 2.67 bits per heavy atom. The fourth-order valence-corrected chi connectivity index (χ4v) is 1.09. The van der Waals surface area contributed by atoms with Crippen LogP contribution in [0.3, 0.4) is 0 Å². The molecule has 0 radical (unpaired) electrons. The number of aromatic nitrogens is 5. The van der Waals surface area contributed by atoms with Gasteiger partial charge < -0.3 is 5.11 Å². The molecule has 1 N–H and O–H groups in total. The highest BCUT2D eigenvalue weighted by atomic mass is 16.4. The summed E-state index contributed by atoms with van der Waals surface area (Å²) in [6.07, 6.45) is 4.34. The van der Waals surface area contributed by atoms with Crippen molar-refractivity contribution in [2.45, 2.75) is 6.92 Å². The second kappa shape index (κ2) is 3.45. The Labute approximate surface area is 84.4 Å². The summed E-state index contributed by atoms with van der Waals surface area (Å²) in [5.74, 6) is -1.04. The van der Waals surface area contributed by atoms with Crippen LogP contribution in [0.2, 0.25) is 0 Å². The smallest absolute Gasteiger partial charge is 0.358 e. The minimum Gasteiger partial charge on any atom is -0.476 e. The maximum atomic E-state index is 10.9. The molecule has 0 aliphatic carbocycles. The van der Waals surface area contributed by atoms with Crippen LogP contribution in [0, 0.1) is 6.92 Å². The zero-order chi connectivity index (χ0) is 10.8. The summed E-state index contributed by atoms with van der Waals surface area (Å²) in [7, 11) is 0. The summed E-state index contributed by atoms with van der Waals surface area (Å²) in [6, 6.07) is 0. The topological polar surface area (TPSA) is 93.8 Å². The first-order valence-electron chi connectivity index (χ1n) is 4.12. The van der Waals surface area contributed by atoms with Crippen LogP contribution in [0.4, 0.5) is 0 Å². The summed E-state index contributed by atoms with van der Waals surface area (Å²) in [5, 5.41) is 16.5. The van der Waals surface area contributed by atoms with E-state index in [4.69, 9.17) is 5.11 Å². The first-order valence-corrected chi connectivity index (χ1v) is 4.12. The predicted octanol–water partition coefficient (Wildman–Crippen LogP) is 0.0639. The van der Waals surface area contributed by atoms with Crippen molar-refractivity contribution in [2.24, 2.45) is 0 Å². The molecule has 76 valence electrons. The Morgan fingerprint density at radius 2 is 2.07 bits per heavy atom. The van der Waals surface area contributed by atoms with Gasteiger partial charge in [0.1, 0.15) is 0 Å². The van der Waals surface area contributed by atoms with E-state index in [1.165, 1.54) is 18.6 Å². The van der Waals surface area contributed by atoms with E-state index in [0.29, 0.717) is 5.69 Å². The van der Waals surface area contributed by atoms with Crippen LogP contribution in [0.1, 0.15) is 16.2 Å². The van der Waals surface area contributed by atoms with Crippen LogP contribution in [-0.2, 0) is 0 Å². The standard InChI is InChI=1S/C8H7N5O2/c1-5-4-9-7(6(12-5)8(14)15)13-10-2-3-11-13/h2-4H,1H3,(H,14,15). The fraction of sp³-hybridized carbons (Fsp3) is 0.125. The quantitative estimate of drug-likeness (QED) is 0.745. The highest BCUT2D eigenvalue weighted by Gasteiger charge is 2.16. The molecule has 7 heteroatoms. The van der Waals surface area contributed by atoms with E-state index in [-0.39, 0.29) is 11.5 Å². The van der Waals surface area contributed by atoms with E-state index in [0.717, 1.165) is 4.80 Å². The van der Waals surface area contributed by atoms with Gasteiger partial charge in [-0.3, -0.25) is 0 Å². The maximum absolute atomic E-state index is 10.9. The van der Waals surface area contributed by atoms with Crippen LogP contribution < -0.4 is 0 Å². The Morgan fingerprint density at radius 1 is 1.40 bits per heavy atom. The molecule has 0 atom stereocenters. The molecular weight excluding hydrogens is 198 g/mol. The van der Waals surface area contributed by atoms with Crippen molar-refractivity contribution in [3.63, 3.8) is 0 Å². The summed E-state index contributed by atoms with van der Waals surface area (Å²) in [5.41, 5.74) is 0.370. The molecule has 0 saturated heterocycles. The van der Waals surface area contributed by atoms with Gasteiger partial charge in [0.2, 0.25) is 5.82 Å². The van der Waals surface area contributed by atoms with Crippen molar-refractivity contribution in [1.29, 1.82) is 0 Å². The second-order valence-electron chi connectivity index (χ2n) is 2.81. The van der Waals surface area contributed by atoms with Crippen molar-refractivity contribution in [1.82, 2.24) is 25.0 Å². The van der Waals surface area contributed by atoms with Crippen molar-refractivity contribution in [3.05, 3.63) is 30.0 Å². The minimum absolute atomic E-state index is 0.109. The highest BCUT2D eigenvalue weighted by Crippen LogP contribution is 2.07. The van der Waals surface area contributed by atoms with E-state index in [1.807, 2.05) is 0 Å². The number of hydrogen-bond donors (Lipinski definition) is 1. The van der Waals surface area contributed by atoms with Crippen LogP contribution >= 0.6 is 0 Å². The number of carboxylic acids is 1. The van der Waals surface area contributed by atoms with E-state index in [1.54, 1.807) is 6.92 Å². The van der Waals surface area contributed by atoms with Crippen LogP contribution in [0.5, 0.6) is 0 Å². The summed E-state index contributed by atoms with van der Waals surface area (Å²) < 4.78 is 0. The molecule has 15 heavy (non-hydrogen) atoms. The molecule has 0 saturated carbocycles. The average molecular weight is 205 g/mol. The van der Waals surface area contributed by atoms with Gasteiger partial charge in [-0.05, 0) is 6.92 Å². The Kier molecular flexibility index (Phi) is 2.13. The third-order valence-corrected chi connectivity index (χ3v) is 1.68. The molecule has 2 rings (SSSR count). The first-order chi connectivity index (χ1) is 7.18. The average Bonchev–Trinajstić information content (AvgIpc) is 2.70. The maximum Gasteiger partial charge on any atom is 0.358 e. The van der Waals surface area contributed by atoms with Crippen LogP contribution in [-0.4, -0.2) is 36.0 Å².